The number of hydrogen-bond donors (Lipinski definition) is 1. The molecule has 0 saturated heterocycles. The maximum absolute atomic E-state index is 12.8. The molecule has 1 aliphatic rings. The Balaban J connectivity index is 1.88. The lowest BCUT2D eigenvalue weighted by Gasteiger charge is -2.27. The van der Waals surface area contributed by atoms with Crippen LogP contribution in [0.1, 0.15) is 27.7 Å². The first-order valence-corrected chi connectivity index (χ1v) is 7.94. The Hall–Kier alpha value is -2.01. The number of ether oxygens (including phenoxy) is 1. The molecule has 3 rings (SSSR count). The molecule has 5 heteroatoms. The van der Waals surface area contributed by atoms with Crippen LogP contribution in [0.25, 0.3) is 0 Å². The summed E-state index contributed by atoms with van der Waals surface area (Å²) in [4.78, 5) is 16.0. The highest BCUT2D eigenvalue weighted by Crippen LogP contribution is 2.30. The molecule has 21 heavy (non-hydrogen) atoms. The lowest BCUT2D eigenvalue weighted by Crippen LogP contribution is -2.35. The number of para-hydroxylation sites is 1. The van der Waals surface area contributed by atoms with Gasteiger partial charge in [-0.15, -0.1) is 11.3 Å². The van der Waals surface area contributed by atoms with Crippen molar-refractivity contribution in [2.75, 3.05) is 18.9 Å². The number of carbonyl (C=O) groups excluding carboxylic acids is 1. The fourth-order valence-corrected chi connectivity index (χ4v) is 3.51. The predicted octanol–water partition coefficient (Wildman–Crippen LogP) is 2.93. The van der Waals surface area contributed by atoms with E-state index in [0.29, 0.717) is 30.2 Å². The van der Waals surface area contributed by atoms with Crippen molar-refractivity contribution in [1.82, 2.24) is 4.90 Å². The molecule has 2 heterocycles. The quantitative estimate of drug-likeness (QED) is 0.887. The summed E-state index contributed by atoms with van der Waals surface area (Å²) in [6, 6.07) is 7.44. The summed E-state index contributed by atoms with van der Waals surface area (Å²) in [7, 11) is 0. The summed E-state index contributed by atoms with van der Waals surface area (Å²) >= 11 is 1.77. The van der Waals surface area contributed by atoms with E-state index >= 15 is 0 Å². The van der Waals surface area contributed by atoms with Crippen LogP contribution in [0.5, 0.6) is 5.75 Å². The third-order valence-electron chi connectivity index (χ3n) is 3.66. The van der Waals surface area contributed by atoms with Crippen molar-refractivity contribution in [3.63, 3.8) is 0 Å². The van der Waals surface area contributed by atoms with Gasteiger partial charge >= 0.3 is 0 Å². The van der Waals surface area contributed by atoms with Gasteiger partial charge in [-0.2, -0.15) is 0 Å². The molecule has 0 unspecified atom stereocenters. The number of rotatable bonds is 3. The highest BCUT2D eigenvalue weighted by atomic mass is 32.1. The van der Waals surface area contributed by atoms with Crippen LogP contribution in [0, 0.1) is 0 Å². The average Bonchev–Trinajstić information content (AvgIpc) is 2.96. The Morgan fingerprint density at radius 1 is 1.43 bits per heavy atom. The Morgan fingerprint density at radius 2 is 2.29 bits per heavy atom. The standard InChI is InChI=1S/C16H18N2O2S/c1-2-20-15-12(4-3-5-13(15)17)16(19)18-8-6-14-11(10-18)7-9-21-14/h3-5,7,9H,2,6,8,10,17H2,1H3. The lowest BCUT2D eigenvalue weighted by atomic mass is 10.1. The molecule has 0 atom stereocenters. The molecule has 0 saturated carbocycles. The molecular formula is C16H18N2O2S. The molecule has 4 nitrogen and oxygen atoms in total. The first-order chi connectivity index (χ1) is 10.2. The zero-order chi connectivity index (χ0) is 14.8. The summed E-state index contributed by atoms with van der Waals surface area (Å²) in [6.07, 6.45) is 0.922. The van der Waals surface area contributed by atoms with Crippen molar-refractivity contribution in [2.24, 2.45) is 0 Å². The van der Waals surface area contributed by atoms with E-state index in [1.54, 1.807) is 29.5 Å². The highest BCUT2D eigenvalue weighted by molar-refractivity contribution is 7.10. The minimum absolute atomic E-state index is 0.0115. The summed E-state index contributed by atoms with van der Waals surface area (Å²) in [5, 5.41) is 2.09. The van der Waals surface area contributed by atoms with Crippen LogP contribution in [0.4, 0.5) is 5.69 Å². The fraction of sp³-hybridized carbons (Fsp3) is 0.312. The Bertz CT molecular complexity index is 666. The van der Waals surface area contributed by atoms with Crippen molar-refractivity contribution >= 4 is 22.9 Å². The topological polar surface area (TPSA) is 55.6 Å². The number of carbonyl (C=O) groups is 1. The normalized spacial score (nSPS) is 13.9. The first kappa shape index (κ1) is 13.9. The molecule has 2 N–H and O–H groups in total. The summed E-state index contributed by atoms with van der Waals surface area (Å²) in [5.74, 6) is 0.490. The molecule has 1 aliphatic heterocycles. The molecule has 1 aromatic carbocycles. The van der Waals surface area contributed by atoms with Gasteiger partial charge in [-0.1, -0.05) is 6.07 Å². The van der Waals surface area contributed by atoms with Crippen LogP contribution in [0.3, 0.4) is 0 Å². The minimum Gasteiger partial charge on any atom is -0.491 e. The smallest absolute Gasteiger partial charge is 0.258 e. The van der Waals surface area contributed by atoms with Gasteiger partial charge in [-0.25, -0.2) is 0 Å². The predicted molar refractivity (Wildman–Crippen MR) is 84.8 cm³/mol. The van der Waals surface area contributed by atoms with E-state index in [1.807, 2.05) is 11.8 Å². The van der Waals surface area contributed by atoms with Crippen LogP contribution in [-0.4, -0.2) is 24.0 Å². The molecule has 0 aliphatic carbocycles. The Kier molecular flexibility index (Phi) is 3.84. The van der Waals surface area contributed by atoms with Gasteiger partial charge in [-0.3, -0.25) is 4.79 Å². The number of benzene rings is 1. The molecular weight excluding hydrogens is 284 g/mol. The molecule has 0 bridgehead atoms. The molecule has 0 radical (unpaired) electrons. The second kappa shape index (κ2) is 5.77. The van der Waals surface area contributed by atoms with Gasteiger partial charge < -0.3 is 15.4 Å². The van der Waals surface area contributed by atoms with E-state index in [2.05, 4.69) is 11.4 Å². The van der Waals surface area contributed by atoms with Crippen molar-refractivity contribution in [3.05, 3.63) is 45.6 Å². The molecule has 2 aromatic rings. The van der Waals surface area contributed by atoms with Gasteiger partial charge in [0.1, 0.15) is 0 Å². The summed E-state index contributed by atoms with van der Waals surface area (Å²) in [5.41, 5.74) is 8.25. The van der Waals surface area contributed by atoms with E-state index in [0.717, 1.165) is 13.0 Å². The second-order valence-electron chi connectivity index (χ2n) is 5.00. The number of thiophene rings is 1. The van der Waals surface area contributed by atoms with Crippen molar-refractivity contribution < 1.29 is 9.53 Å². The SMILES string of the molecule is CCOc1c(N)cccc1C(=O)N1CCc2sccc2C1. The van der Waals surface area contributed by atoms with Gasteiger partial charge in [0.05, 0.1) is 17.9 Å². The maximum Gasteiger partial charge on any atom is 0.258 e. The number of nitrogens with two attached hydrogens (primary N) is 1. The zero-order valence-electron chi connectivity index (χ0n) is 12.0. The highest BCUT2D eigenvalue weighted by Gasteiger charge is 2.25. The number of nitrogen functional groups attached to an aromatic ring is 1. The van der Waals surface area contributed by atoms with Crippen LogP contribution in [0.15, 0.2) is 29.6 Å². The molecule has 1 amide bonds. The summed E-state index contributed by atoms with van der Waals surface area (Å²) < 4.78 is 5.56. The molecule has 1 aromatic heterocycles. The largest absolute Gasteiger partial charge is 0.491 e. The second-order valence-corrected chi connectivity index (χ2v) is 6.00. The number of anilines is 1. The van der Waals surface area contributed by atoms with Gasteiger partial charge in [-0.05, 0) is 42.5 Å². The van der Waals surface area contributed by atoms with Crippen LogP contribution < -0.4 is 10.5 Å². The third kappa shape index (κ3) is 2.61. The van der Waals surface area contributed by atoms with Gasteiger partial charge in [0.15, 0.2) is 5.75 Å². The van der Waals surface area contributed by atoms with Crippen molar-refractivity contribution in [1.29, 1.82) is 0 Å². The number of nitrogens with zero attached hydrogens (tertiary/aromatic N) is 1. The van der Waals surface area contributed by atoms with Crippen molar-refractivity contribution in [3.8, 4) is 5.75 Å². The van der Waals surface area contributed by atoms with Gasteiger partial charge in [0.25, 0.3) is 5.91 Å². The van der Waals surface area contributed by atoms with Crippen molar-refractivity contribution in [2.45, 2.75) is 19.9 Å². The minimum atomic E-state index is -0.0115. The maximum atomic E-state index is 12.8. The Labute approximate surface area is 128 Å². The number of fused-ring (bicyclic) bond motifs is 1. The van der Waals surface area contributed by atoms with Gasteiger partial charge in [0, 0.05) is 18.0 Å². The zero-order valence-corrected chi connectivity index (χ0v) is 12.8. The molecule has 110 valence electrons. The number of hydrogen-bond acceptors (Lipinski definition) is 4. The van der Waals surface area contributed by atoms with E-state index in [4.69, 9.17) is 10.5 Å². The van der Waals surface area contributed by atoms with E-state index in [-0.39, 0.29) is 5.91 Å². The van der Waals surface area contributed by atoms with E-state index in [9.17, 15) is 4.79 Å². The molecule has 0 fully saturated rings. The first-order valence-electron chi connectivity index (χ1n) is 7.06. The lowest BCUT2D eigenvalue weighted by molar-refractivity contribution is 0.0732. The van der Waals surface area contributed by atoms with E-state index < -0.39 is 0 Å². The third-order valence-corrected chi connectivity index (χ3v) is 4.68. The fourth-order valence-electron chi connectivity index (χ4n) is 2.62. The Morgan fingerprint density at radius 3 is 3.10 bits per heavy atom. The monoisotopic (exact) mass is 302 g/mol. The van der Waals surface area contributed by atoms with Crippen LogP contribution >= 0.6 is 11.3 Å². The van der Waals surface area contributed by atoms with Gasteiger partial charge in [0.2, 0.25) is 0 Å². The van der Waals surface area contributed by atoms with Crippen LogP contribution in [-0.2, 0) is 13.0 Å². The average molecular weight is 302 g/mol. The number of amides is 1. The summed E-state index contributed by atoms with van der Waals surface area (Å²) in [6.45, 7) is 3.78. The van der Waals surface area contributed by atoms with Crippen LogP contribution in [0.2, 0.25) is 0 Å². The van der Waals surface area contributed by atoms with E-state index in [1.165, 1.54) is 10.4 Å². The molecule has 0 spiro atoms.